The van der Waals surface area contributed by atoms with Gasteiger partial charge in [-0.2, -0.15) is 0 Å². The third-order valence-corrected chi connectivity index (χ3v) is 3.86. The number of carboxylic acids is 1. The third-order valence-electron chi connectivity index (χ3n) is 3.86. The van der Waals surface area contributed by atoms with E-state index in [1.54, 1.807) is 13.8 Å². The van der Waals surface area contributed by atoms with E-state index in [0.29, 0.717) is 19.6 Å². The zero-order valence-corrected chi connectivity index (χ0v) is 12.4. The number of carbonyl (C=O) groups is 2. The number of fused-ring (bicyclic) bond motifs is 1. The van der Waals surface area contributed by atoms with Gasteiger partial charge in [0.1, 0.15) is 0 Å². The first-order chi connectivity index (χ1) is 9.92. The van der Waals surface area contributed by atoms with Crippen LogP contribution in [0.5, 0.6) is 0 Å². The highest BCUT2D eigenvalue weighted by atomic mass is 16.5. The number of amides is 1. The van der Waals surface area contributed by atoms with Gasteiger partial charge in [0, 0.05) is 6.54 Å². The molecule has 0 spiro atoms. The van der Waals surface area contributed by atoms with E-state index in [2.05, 4.69) is 5.32 Å². The number of benzene rings is 1. The Morgan fingerprint density at radius 2 is 2.10 bits per heavy atom. The van der Waals surface area contributed by atoms with Crippen molar-refractivity contribution in [2.24, 2.45) is 5.41 Å². The fourth-order valence-corrected chi connectivity index (χ4v) is 2.31. The molecular weight excluding hydrogens is 270 g/mol. The number of carboxylic acid groups (broad SMARTS) is 1. The molecule has 1 heterocycles. The Labute approximate surface area is 124 Å². The molecule has 2 rings (SSSR count). The highest BCUT2D eigenvalue weighted by Crippen LogP contribution is 2.27. The second-order valence-corrected chi connectivity index (χ2v) is 5.93. The summed E-state index contributed by atoms with van der Waals surface area (Å²) in [5.41, 5.74) is 1.19. The molecule has 5 nitrogen and oxygen atoms in total. The number of ether oxygens (including phenoxy) is 1. The molecule has 1 atom stereocenters. The minimum absolute atomic E-state index is 0.205. The summed E-state index contributed by atoms with van der Waals surface area (Å²) in [7, 11) is 0. The van der Waals surface area contributed by atoms with Crippen molar-refractivity contribution < 1.29 is 19.4 Å². The molecule has 0 bridgehead atoms. The zero-order valence-electron chi connectivity index (χ0n) is 12.4. The van der Waals surface area contributed by atoms with Gasteiger partial charge in [-0.25, -0.2) is 0 Å². The van der Waals surface area contributed by atoms with Crippen molar-refractivity contribution in [2.45, 2.75) is 32.8 Å². The van der Waals surface area contributed by atoms with Gasteiger partial charge in [0.25, 0.3) is 5.91 Å². The molecule has 0 aliphatic carbocycles. The Morgan fingerprint density at radius 3 is 2.81 bits per heavy atom. The summed E-state index contributed by atoms with van der Waals surface area (Å²) in [6.07, 6.45) is 0.594. The Kier molecular flexibility index (Phi) is 4.63. The molecule has 1 aromatic carbocycles. The Morgan fingerprint density at radius 1 is 1.38 bits per heavy atom. The van der Waals surface area contributed by atoms with E-state index in [4.69, 9.17) is 9.84 Å². The van der Waals surface area contributed by atoms with E-state index in [-0.39, 0.29) is 5.91 Å². The van der Waals surface area contributed by atoms with Crippen LogP contribution in [0.2, 0.25) is 0 Å². The topological polar surface area (TPSA) is 75.6 Å². The first-order valence-electron chi connectivity index (χ1n) is 7.12. The average molecular weight is 291 g/mol. The van der Waals surface area contributed by atoms with Gasteiger partial charge in [0.15, 0.2) is 6.10 Å². The molecule has 0 radical (unpaired) electrons. The number of hydrogen-bond donors (Lipinski definition) is 2. The van der Waals surface area contributed by atoms with Crippen molar-refractivity contribution in [2.75, 3.05) is 13.2 Å². The summed E-state index contributed by atoms with van der Waals surface area (Å²) in [4.78, 5) is 23.3. The number of carbonyl (C=O) groups excluding carboxylic acids is 1. The number of aliphatic carboxylic acids is 1. The second-order valence-electron chi connectivity index (χ2n) is 5.93. The molecule has 1 amide bonds. The van der Waals surface area contributed by atoms with Crippen molar-refractivity contribution in [3.8, 4) is 0 Å². The third kappa shape index (κ3) is 3.61. The van der Waals surface area contributed by atoms with Crippen LogP contribution in [0.15, 0.2) is 24.3 Å². The van der Waals surface area contributed by atoms with Crippen LogP contribution in [0.3, 0.4) is 0 Å². The van der Waals surface area contributed by atoms with Crippen LogP contribution in [0, 0.1) is 5.41 Å². The molecule has 0 saturated carbocycles. The highest BCUT2D eigenvalue weighted by molar-refractivity contribution is 5.83. The molecule has 0 aromatic heterocycles. The Bertz CT molecular complexity index is 539. The highest BCUT2D eigenvalue weighted by Gasteiger charge is 2.29. The standard InChI is InChI=1S/C16H21NO4/c1-16(2,15(19)20)8-9-17-14(18)13-12-6-4-3-5-11(12)7-10-21-13/h3-6,13H,7-10H2,1-2H3,(H,17,18)(H,19,20). The number of hydrogen-bond acceptors (Lipinski definition) is 3. The summed E-state index contributed by atoms with van der Waals surface area (Å²) in [5.74, 6) is -1.07. The lowest BCUT2D eigenvalue weighted by Crippen LogP contribution is -2.36. The largest absolute Gasteiger partial charge is 0.481 e. The van der Waals surface area contributed by atoms with Crippen molar-refractivity contribution in [3.63, 3.8) is 0 Å². The quantitative estimate of drug-likeness (QED) is 0.869. The minimum Gasteiger partial charge on any atom is -0.481 e. The molecule has 5 heteroatoms. The molecule has 114 valence electrons. The van der Waals surface area contributed by atoms with Crippen LogP contribution in [0.1, 0.15) is 37.5 Å². The van der Waals surface area contributed by atoms with Crippen LogP contribution in [0.25, 0.3) is 0 Å². The van der Waals surface area contributed by atoms with Crippen LogP contribution in [-0.2, 0) is 20.7 Å². The minimum atomic E-state index is -0.865. The lowest BCUT2D eigenvalue weighted by atomic mass is 9.89. The number of rotatable bonds is 5. The van der Waals surface area contributed by atoms with Gasteiger partial charge >= 0.3 is 5.97 Å². The predicted octanol–water partition coefficient (Wildman–Crippen LogP) is 1.92. The average Bonchev–Trinajstić information content (AvgIpc) is 2.46. The maximum absolute atomic E-state index is 12.2. The summed E-state index contributed by atoms with van der Waals surface area (Å²) in [6, 6.07) is 7.75. The normalized spacial score (nSPS) is 17.9. The summed E-state index contributed by atoms with van der Waals surface area (Å²) in [6.45, 7) is 4.14. The summed E-state index contributed by atoms with van der Waals surface area (Å²) < 4.78 is 5.57. The van der Waals surface area contributed by atoms with Gasteiger partial charge in [0.05, 0.1) is 12.0 Å². The van der Waals surface area contributed by atoms with Crippen LogP contribution in [-0.4, -0.2) is 30.1 Å². The van der Waals surface area contributed by atoms with Gasteiger partial charge < -0.3 is 15.2 Å². The molecule has 2 N–H and O–H groups in total. The fraction of sp³-hybridized carbons (Fsp3) is 0.500. The van der Waals surface area contributed by atoms with E-state index >= 15 is 0 Å². The van der Waals surface area contributed by atoms with Gasteiger partial charge in [-0.3, -0.25) is 9.59 Å². The maximum atomic E-state index is 12.2. The number of nitrogens with one attached hydrogen (secondary N) is 1. The van der Waals surface area contributed by atoms with Crippen molar-refractivity contribution >= 4 is 11.9 Å². The van der Waals surface area contributed by atoms with Gasteiger partial charge in [0.2, 0.25) is 0 Å². The van der Waals surface area contributed by atoms with Crippen molar-refractivity contribution in [3.05, 3.63) is 35.4 Å². The van der Waals surface area contributed by atoms with E-state index < -0.39 is 17.5 Å². The zero-order chi connectivity index (χ0) is 15.5. The molecule has 1 aliphatic rings. The van der Waals surface area contributed by atoms with E-state index in [1.807, 2.05) is 24.3 Å². The summed E-state index contributed by atoms with van der Waals surface area (Å²) >= 11 is 0. The first kappa shape index (κ1) is 15.5. The molecule has 1 unspecified atom stereocenters. The van der Waals surface area contributed by atoms with E-state index in [0.717, 1.165) is 17.5 Å². The molecule has 0 saturated heterocycles. The first-order valence-corrected chi connectivity index (χ1v) is 7.12. The molecule has 1 aromatic rings. The molecule has 21 heavy (non-hydrogen) atoms. The van der Waals surface area contributed by atoms with Crippen molar-refractivity contribution in [1.29, 1.82) is 0 Å². The second kappa shape index (κ2) is 6.26. The molecule has 0 fully saturated rings. The van der Waals surface area contributed by atoms with E-state index in [9.17, 15) is 9.59 Å². The van der Waals surface area contributed by atoms with Crippen LogP contribution >= 0.6 is 0 Å². The van der Waals surface area contributed by atoms with Crippen LogP contribution in [0.4, 0.5) is 0 Å². The lowest BCUT2D eigenvalue weighted by Gasteiger charge is -2.26. The van der Waals surface area contributed by atoms with E-state index in [1.165, 1.54) is 0 Å². The van der Waals surface area contributed by atoms with Gasteiger partial charge in [-0.05, 0) is 37.8 Å². The van der Waals surface area contributed by atoms with Crippen molar-refractivity contribution in [1.82, 2.24) is 5.32 Å². The fourth-order valence-electron chi connectivity index (χ4n) is 2.31. The Balaban J connectivity index is 1.95. The van der Waals surface area contributed by atoms with Crippen LogP contribution < -0.4 is 5.32 Å². The molecular formula is C16H21NO4. The molecule has 1 aliphatic heterocycles. The SMILES string of the molecule is CC(C)(CCNC(=O)C1OCCc2ccccc21)C(=O)O. The van der Waals surface area contributed by atoms with Gasteiger partial charge in [-0.15, -0.1) is 0 Å². The monoisotopic (exact) mass is 291 g/mol. The maximum Gasteiger partial charge on any atom is 0.309 e. The smallest absolute Gasteiger partial charge is 0.309 e. The predicted molar refractivity (Wildman–Crippen MR) is 77.9 cm³/mol. The lowest BCUT2D eigenvalue weighted by molar-refractivity contribution is -0.147. The summed E-state index contributed by atoms with van der Waals surface area (Å²) in [5, 5.41) is 11.8. The Hall–Kier alpha value is -1.88. The van der Waals surface area contributed by atoms with Gasteiger partial charge in [-0.1, -0.05) is 24.3 Å².